The summed E-state index contributed by atoms with van der Waals surface area (Å²) in [7, 11) is 1.53. The van der Waals surface area contributed by atoms with E-state index in [0.29, 0.717) is 33.6 Å². The Labute approximate surface area is 205 Å². The predicted octanol–water partition coefficient (Wildman–Crippen LogP) is 3.97. The number of carbonyl (C=O) groups excluding carboxylic acids is 2. The maximum Gasteiger partial charge on any atom is 0.338 e. The van der Waals surface area contributed by atoms with Gasteiger partial charge in [-0.15, -0.1) is 0 Å². The smallest absolute Gasteiger partial charge is 0.338 e. The van der Waals surface area contributed by atoms with Crippen molar-refractivity contribution in [2.75, 3.05) is 12.4 Å². The molecule has 4 rings (SSSR count). The van der Waals surface area contributed by atoms with E-state index in [1.807, 2.05) is 0 Å². The summed E-state index contributed by atoms with van der Waals surface area (Å²) in [5, 5.41) is 7.90. The molecular formula is C25H24N4O5S. The third-order valence-electron chi connectivity index (χ3n) is 4.96. The van der Waals surface area contributed by atoms with Crippen LogP contribution in [0.5, 0.6) is 5.75 Å². The van der Waals surface area contributed by atoms with Gasteiger partial charge in [0.1, 0.15) is 17.4 Å². The summed E-state index contributed by atoms with van der Waals surface area (Å²) in [4.78, 5) is 42.4. The average Bonchev–Trinajstić information content (AvgIpc) is 3.25. The van der Waals surface area contributed by atoms with E-state index < -0.39 is 5.97 Å². The lowest BCUT2D eigenvalue weighted by molar-refractivity contribution is 0.0467. The molecule has 0 saturated carbocycles. The topological polar surface area (TPSA) is 112 Å². The summed E-state index contributed by atoms with van der Waals surface area (Å²) >= 11 is 1.34. The van der Waals surface area contributed by atoms with E-state index in [0.717, 1.165) is 11.4 Å². The molecule has 0 unspecified atom stereocenters. The second-order valence-electron chi connectivity index (χ2n) is 8.22. The van der Waals surface area contributed by atoms with Crippen molar-refractivity contribution in [1.29, 1.82) is 0 Å². The van der Waals surface area contributed by atoms with E-state index >= 15 is 0 Å². The van der Waals surface area contributed by atoms with Crippen molar-refractivity contribution in [1.82, 2.24) is 14.6 Å². The van der Waals surface area contributed by atoms with Crippen molar-refractivity contribution in [2.45, 2.75) is 26.9 Å². The SMILES string of the molecule is COc1cccc(C(=O)Nc2cccc(C(=O)OCc3cc(=O)n4nc(CC(C)C)sc4n3)c2)c1. The van der Waals surface area contributed by atoms with Gasteiger partial charge in [0.05, 0.1) is 18.4 Å². The van der Waals surface area contributed by atoms with Gasteiger partial charge in [-0.25, -0.2) is 9.78 Å². The number of carbonyl (C=O) groups is 2. The third kappa shape index (κ3) is 5.90. The number of fused-ring (bicyclic) bond motifs is 1. The number of hydrogen-bond acceptors (Lipinski definition) is 8. The number of rotatable bonds is 8. The first-order chi connectivity index (χ1) is 16.8. The molecule has 10 heteroatoms. The van der Waals surface area contributed by atoms with Gasteiger partial charge < -0.3 is 14.8 Å². The molecule has 0 radical (unpaired) electrons. The number of benzene rings is 2. The number of nitrogens with zero attached hydrogens (tertiary/aromatic N) is 3. The highest BCUT2D eigenvalue weighted by molar-refractivity contribution is 7.16. The van der Waals surface area contributed by atoms with Crippen molar-refractivity contribution in [2.24, 2.45) is 5.92 Å². The van der Waals surface area contributed by atoms with Gasteiger partial charge in [0.25, 0.3) is 11.5 Å². The number of amides is 1. The van der Waals surface area contributed by atoms with E-state index in [2.05, 4.69) is 29.2 Å². The lowest BCUT2D eigenvalue weighted by atomic mass is 10.1. The Morgan fingerprint density at radius 2 is 1.86 bits per heavy atom. The van der Waals surface area contributed by atoms with Gasteiger partial charge in [-0.1, -0.05) is 37.3 Å². The number of hydrogen-bond donors (Lipinski definition) is 1. The Bertz CT molecular complexity index is 1440. The number of nitrogens with one attached hydrogen (secondary N) is 1. The van der Waals surface area contributed by atoms with Crippen LogP contribution in [0, 0.1) is 5.92 Å². The fourth-order valence-corrected chi connectivity index (χ4v) is 4.45. The van der Waals surface area contributed by atoms with Crippen LogP contribution < -0.4 is 15.6 Å². The van der Waals surface area contributed by atoms with Crippen LogP contribution in [0.1, 0.15) is 45.3 Å². The number of aromatic nitrogens is 3. The summed E-state index contributed by atoms with van der Waals surface area (Å²) in [6.07, 6.45) is 0.752. The van der Waals surface area contributed by atoms with Gasteiger partial charge in [-0.3, -0.25) is 9.59 Å². The molecule has 0 aliphatic rings. The largest absolute Gasteiger partial charge is 0.497 e. The molecule has 0 saturated heterocycles. The van der Waals surface area contributed by atoms with Crippen LogP contribution in [-0.2, 0) is 17.8 Å². The molecule has 9 nitrogen and oxygen atoms in total. The zero-order valence-corrected chi connectivity index (χ0v) is 20.3. The molecule has 180 valence electrons. The van der Waals surface area contributed by atoms with Crippen LogP contribution in [0.2, 0.25) is 0 Å². The highest BCUT2D eigenvalue weighted by Gasteiger charge is 2.14. The molecule has 4 aromatic rings. The first-order valence-corrected chi connectivity index (χ1v) is 11.8. The molecular weight excluding hydrogens is 468 g/mol. The normalized spacial score (nSPS) is 11.0. The summed E-state index contributed by atoms with van der Waals surface area (Å²) in [6.45, 7) is 3.99. The van der Waals surface area contributed by atoms with Crippen molar-refractivity contribution >= 4 is 33.9 Å². The van der Waals surface area contributed by atoms with Crippen LogP contribution in [-0.4, -0.2) is 33.6 Å². The Kier molecular flexibility index (Phi) is 7.21. The van der Waals surface area contributed by atoms with Crippen LogP contribution in [0.25, 0.3) is 4.96 Å². The summed E-state index contributed by atoms with van der Waals surface area (Å²) < 4.78 is 11.8. The Hall–Kier alpha value is -4.05. The molecule has 0 fully saturated rings. The predicted molar refractivity (Wildman–Crippen MR) is 132 cm³/mol. The van der Waals surface area contributed by atoms with Crippen molar-refractivity contribution < 1.29 is 19.1 Å². The molecule has 1 amide bonds. The first-order valence-electron chi connectivity index (χ1n) is 10.9. The van der Waals surface area contributed by atoms with Crippen molar-refractivity contribution in [3.8, 4) is 5.75 Å². The van der Waals surface area contributed by atoms with Crippen LogP contribution in [0.3, 0.4) is 0 Å². The van der Waals surface area contributed by atoms with Crippen molar-refractivity contribution in [3.05, 3.63) is 86.8 Å². The minimum absolute atomic E-state index is 0.164. The average molecular weight is 493 g/mol. The molecule has 0 aliphatic heterocycles. The number of ether oxygens (including phenoxy) is 2. The second-order valence-corrected chi connectivity index (χ2v) is 9.26. The lowest BCUT2D eigenvalue weighted by Crippen LogP contribution is -2.17. The Balaban J connectivity index is 1.43. The second kappa shape index (κ2) is 10.5. The minimum Gasteiger partial charge on any atom is -0.497 e. The number of methoxy groups -OCH3 is 1. The fraction of sp³-hybridized carbons (Fsp3) is 0.240. The summed E-state index contributed by atoms with van der Waals surface area (Å²) in [5.74, 6) is 0.0294. The molecule has 2 aromatic heterocycles. The van der Waals surface area contributed by atoms with Gasteiger partial charge in [0, 0.05) is 23.7 Å². The van der Waals surface area contributed by atoms with E-state index in [-0.39, 0.29) is 23.6 Å². The van der Waals surface area contributed by atoms with Crippen LogP contribution in [0.4, 0.5) is 5.69 Å². The molecule has 0 bridgehead atoms. The van der Waals surface area contributed by atoms with E-state index in [1.54, 1.807) is 42.5 Å². The quantitative estimate of drug-likeness (QED) is 0.371. The number of esters is 1. The molecule has 0 spiro atoms. The highest BCUT2D eigenvalue weighted by Crippen LogP contribution is 2.18. The maximum atomic E-state index is 12.6. The lowest BCUT2D eigenvalue weighted by Gasteiger charge is -2.09. The maximum absolute atomic E-state index is 12.6. The molecule has 2 heterocycles. The Morgan fingerprint density at radius 3 is 2.63 bits per heavy atom. The van der Waals surface area contributed by atoms with Crippen LogP contribution in [0.15, 0.2) is 59.4 Å². The zero-order valence-electron chi connectivity index (χ0n) is 19.5. The van der Waals surface area contributed by atoms with Gasteiger partial charge in [0.15, 0.2) is 0 Å². The summed E-state index contributed by atoms with van der Waals surface area (Å²) in [5.41, 5.74) is 1.13. The highest BCUT2D eigenvalue weighted by atomic mass is 32.1. The fourth-order valence-electron chi connectivity index (χ4n) is 3.32. The minimum atomic E-state index is -0.603. The van der Waals surface area contributed by atoms with E-state index in [9.17, 15) is 14.4 Å². The van der Waals surface area contributed by atoms with Crippen LogP contribution >= 0.6 is 11.3 Å². The third-order valence-corrected chi connectivity index (χ3v) is 5.89. The van der Waals surface area contributed by atoms with Gasteiger partial charge in [-0.2, -0.15) is 9.61 Å². The molecule has 0 aliphatic carbocycles. The molecule has 0 atom stereocenters. The molecule has 2 aromatic carbocycles. The van der Waals surface area contributed by atoms with Gasteiger partial charge >= 0.3 is 5.97 Å². The van der Waals surface area contributed by atoms with Gasteiger partial charge in [-0.05, 0) is 42.3 Å². The van der Waals surface area contributed by atoms with E-state index in [1.165, 1.54) is 35.1 Å². The first kappa shape index (κ1) is 24.1. The van der Waals surface area contributed by atoms with Gasteiger partial charge in [0.2, 0.25) is 4.96 Å². The zero-order chi connectivity index (χ0) is 24.9. The standard InChI is InChI=1S/C25H24N4O5S/c1-15(2)10-21-28-29-22(30)13-19(27-25(29)35-21)14-34-24(32)17-7-4-8-18(11-17)26-23(31)16-6-5-9-20(12-16)33-3/h4-9,11-13,15H,10,14H2,1-3H3,(H,26,31). The summed E-state index contributed by atoms with van der Waals surface area (Å²) in [6, 6.07) is 14.5. The Morgan fingerprint density at radius 1 is 1.09 bits per heavy atom. The number of anilines is 1. The monoisotopic (exact) mass is 492 g/mol. The molecule has 35 heavy (non-hydrogen) atoms. The molecule has 1 N–H and O–H groups in total. The van der Waals surface area contributed by atoms with Crippen molar-refractivity contribution in [3.63, 3.8) is 0 Å². The van der Waals surface area contributed by atoms with E-state index in [4.69, 9.17) is 9.47 Å².